The number of aromatic nitrogens is 2. The molecule has 0 radical (unpaired) electrons. The van der Waals surface area contributed by atoms with Crippen LogP contribution in [0.4, 0.5) is 0 Å². The molecule has 4 aromatic rings. The van der Waals surface area contributed by atoms with E-state index in [1.807, 2.05) is 54.8 Å². The van der Waals surface area contributed by atoms with Gasteiger partial charge in [-0.15, -0.1) is 0 Å². The van der Waals surface area contributed by atoms with E-state index in [9.17, 15) is 9.90 Å². The van der Waals surface area contributed by atoms with Gasteiger partial charge in [0.15, 0.2) is 0 Å². The third-order valence-corrected chi connectivity index (χ3v) is 6.48. The van der Waals surface area contributed by atoms with Crippen LogP contribution in [-0.2, 0) is 13.0 Å². The van der Waals surface area contributed by atoms with Gasteiger partial charge in [0.05, 0.1) is 12.1 Å². The minimum Gasteiger partial charge on any atom is -0.494 e. The summed E-state index contributed by atoms with van der Waals surface area (Å²) >= 11 is 12.5. The quantitative estimate of drug-likeness (QED) is 0.283. The Morgan fingerprint density at radius 2 is 1.88 bits per heavy atom. The number of hydrogen-bond donors (Lipinski definition) is 1. The summed E-state index contributed by atoms with van der Waals surface area (Å²) in [6, 6.07) is 13.1. The van der Waals surface area contributed by atoms with Crippen LogP contribution in [0.5, 0.6) is 5.75 Å². The molecule has 0 aliphatic rings. The average molecular weight is 483 g/mol. The predicted octanol–water partition coefficient (Wildman–Crippen LogP) is 6.72. The molecule has 0 bridgehead atoms. The molecular formula is C26H24Cl2N2O3. The summed E-state index contributed by atoms with van der Waals surface area (Å²) in [6.07, 6.45) is 4.66. The first kappa shape index (κ1) is 23.1. The molecule has 0 atom stereocenters. The first-order valence-electron chi connectivity index (χ1n) is 10.7. The van der Waals surface area contributed by atoms with Gasteiger partial charge < -0.3 is 14.4 Å². The minimum atomic E-state index is -0.967. The standard InChI is InChI=1S/C26H24Cl2N2O3/c1-16-11-20(12-17(2)24(16)28)33-10-4-6-22-21-8-7-19(27)13-23(21)30(25(22)26(31)32)15-18-5-3-9-29-14-18/h3,5,7-9,11-14H,4,6,10,15H2,1-2H3,(H,31,32). The van der Waals surface area contributed by atoms with Gasteiger partial charge in [0.2, 0.25) is 0 Å². The van der Waals surface area contributed by atoms with E-state index in [0.29, 0.717) is 31.0 Å². The van der Waals surface area contributed by atoms with Crippen molar-refractivity contribution >= 4 is 40.1 Å². The van der Waals surface area contributed by atoms with Gasteiger partial charge in [0, 0.05) is 34.4 Å². The van der Waals surface area contributed by atoms with Gasteiger partial charge in [-0.05, 0) is 79.3 Å². The molecular weight excluding hydrogens is 459 g/mol. The highest BCUT2D eigenvalue weighted by molar-refractivity contribution is 6.32. The average Bonchev–Trinajstić information content (AvgIpc) is 3.08. The number of ether oxygens (including phenoxy) is 1. The molecule has 0 saturated carbocycles. The Bertz CT molecular complexity index is 1290. The summed E-state index contributed by atoms with van der Waals surface area (Å²) in [5.74, 6) is -0.204. The number of carboxylic acid groups (broad SMARTS) is 1. The Labute approximate surface area is 202 Å². The molecule has 1 N–H and O–H groups in total. The molecule has 4 rings (SSSR count). The number of nitrogens with zero attached hydrogens (tertiary/aromatic N) is 2. The maximum absolute atomic E-state index is 12.3. The van der Waals surface area contributed by atoms with Crippen molar-refractivity contribution in [3.8, 4) is 5.75 Å². The van der Waals surface area contributed by atoms with E-state index in [4.69, 9.17) is 27.9 Å². The number of carboxylic acids is 1. The summed E-state index contributed by atoms with van der Waals surface area (Å²) in [6.45, 7) is 4.75. The van der Waals surface area contributed by atoms with Gasteiger partial charge >= 0.3 is 5.97 Å². The summed E-state index contributed by atoms with van der Waals surface area (Å²) in [7, 11) is 0. The summed E-state index contributed by atoms with van der Waals surface area (Å²) < 4.78 is 7.74. The zero-order valence-corrected chi connectivity index (χ0v) is 20.0. The molecule has 7 heteroatoms. The smallest absolute Gasteiger partial charge is 0.352 e. The molecule has 0 unspecified atom stereocenters. The number of carbonyl (C=O) groups is 1. The highest BCUT2D eigenvalue weighted by Crippen LogP contribution is 2.31. The SMILES string of the molecule is Cc1cc(OCCCc2c(C(=O)O)n(Cc3cccnc3)c3cc(Cl)ccc23)cc(C)c1Cl. The lowest BCUT2D eigenvalue weighted by Gasteiger charge is -2.11. The number of aromatic carboxylic acids is 1. The third kappa shape index (κ3) is 5.00. The molecule has 5 nitrogen and oxygen atoms in total. The maximum Gasteiger partial charge on any atom is 0.352 e. The fraction of sp³-hybridized carbons (Fsp3) is 0.231. The number of pyridine rings is 1. The van der Waals surface area contributed by atoms with Gasteiger partial charge in [-0.3, -0.25) is 4.98 Å². The first-order valence-corrected chi connectivity index (χ1v) is 11.4. The van der Waals surface area contributed by atoms with Gasteiger partial charge in [0.25, 0.3) is 0 Å². The molecule has 0 spiro atoms. The summed E-state index contributed by atoms with van der Waals surface area (Å²) in [5.41, 5.74) is 4.70. The molecule has 0 saturated heterocycles. The van der Waals surface area contributed by atoms with E-state index in [1.165, 1.54) is 0 Å². The first-order chi connectivity index (χ1) is 15.8. The topological polar surface area (TPSA) is 64.3 Å². The Morgan fingerprint density at radius 1 is 1.12 bits per heavy atom. The second kappa shape index (κ2) is 9.86. The van der Waals surface area contributed by atoms with Crippen molar-refractivity contribution in [3.63, 3.8) is 0 Å². The number of hydrogen-bond acceptors (Lipinski definition) is 3. The van der Waals surface area contributed by atoms with Crippen LogP contribution in [-0.4, -0.2) is 27.2 Å². The lowest BCUT2D eigenvalue weighted by molar-refractivity contribution is 0.0684. The maximum atomic E-state index is 12.3. The number of halogens is 2. The fourth-order valence-electron chi connectivity index (χ4n) is 4.16. The monoisotopic (exact) mass is 482 g/mol. The highest BCUT2D eigenvalue weighted by atomic mass is 35.5. The van der Waals surface area contributed by atoms with Crippen molar-refractivity contribution in [2.75, 3.05) is 6.61 Å². The van der Waals surface area contributed by atoms with Crippen molar-refractivity contribution in [2.45, 2.75) is 33.2 Å². The van der Waals surface area contributed by atoms with Crippen molar-refractivity contribution in [1.82, 2.24) is 9.55 Å². The number of rotatable bonds is 8. The molecule has 33 heavy (non-hydrogen) atoms. The van der Waals surface area contributed by atoms with Gasteiger partial charge in [-0.25, -0.2) is 4.79 Å². The van der Waals surface area contributed by atoms with Crippen LogP contribution in [0.2, 0.25) is 10.0 Å². The lowest BCUT2D eigenvalue weighted by Crippen LogP contribution is -2.12. The van der Waals surface area contributed by atoms with Crippen LogP contribution < -0.4 is 4.74 Å². The predicted molar refractivity (Wildman–Crippen MR) is 132 cm³/mol. The van der Waals surface area contributed by atoms with Crippen molar-refractivity contribution in [3.05, 3.63) is 92.9 Å². The normalized spacial score (nSPS) is 11.2. The van der Waals surface area contributed by atoms with Gasteiger partial charge in [-0.2, -0.15) is 0 Å². The Morgan fingerprint density at radius 3 is 2.55 bits per heavy atom. The summed E-state index contributed by atoms with van der Waals surface area (Å²) in [5, 5.41) is 12.3. The zero-order valence-electron chi connectivity index (χ0n) is 18.4. The van der Waals surface area contributed by atoms with Crippen LogP contribution in [0.15, 0.2) is 54.9 Å². The molecule has 2 aromatic heterocycles. The number of fused-ring (bicyclic) bond motifs is 1. The molecule has 0 fully saturated rings. The number of benzene rings is 2. The van der Waals surface area contributed by atoms with Gasteiger partial charge in [-0.1, -0.05) is 35.3 Å². The molecule has 2 aromatic carbocycles. The van der Waals surface area contributed by atoms with E-state index in [2.05, 4.69) is 4.98 Å². The molecule has 0 aliphatic carbocycles. The minimum absolute atomic E-state index is 0.273. The van der Waals surface area contributed by atoms with Crippen LogP contribution >= 0.6 is 23.2 Å². The van der Waals surface area contributed by atoms with Crippen molar-refractivity contribution in [1.29, 1.82) is 0 Å². The molecule has 2 heterocycles. The largest absolute Gasteiger partial charge is 0.494 e. The highest BCUT2D eigenvalue weighted by Gasteiger charge is 2.22. The van der Waals surface area contributed by atoms with Crippen LogP contribution in [0.1, 0.15) is 39.2 Å². The van der Waals surface area contributed by atoms with Crippen molar-refractivity contribution in [2.24, 2.45) is 0 Å². The second-order valence-electron chi connectivity index (χ2n) is 8.06. The Hall–Kier alpha value is -3.02. The molecule has 0 amide bonds. The van der Waals surface area contributed by atoms with E-state index in [-0.39, 0.29) is 5.69 Å². The fourth-order valence-corrected chi connectivity index (χ4v) is 4.43. The van der Waals surface area contributed by atoms with Crippen molar-refractivity contribution < 1.29 is 14.6 Å². The summed E-state index contributed by atoms with van der Waals surface area (Å²) in [4.78, 5) is 16.5. The number of aryl methyl sites for hydroxylation is 3. The van der Waals surface area contributed by atoms with E-state index < -0.39 is 5.97 Å². The van der Waals surface area contributed by atoms with Crippen LogP contribution in [0, 0.1) is 13.8 Å². The molecule has 170 valence electrons. The Kier molecular flexibility index (Phi) is 6.91. The second-order valence-corrected chi connectivity index (χ2v) is 8.88. The lowest BCUT2D eigenvalue weighted by atomic mass is 10.1. The third-order valence-electron chi connectivity index (χ3n) is 5.65. The Balaban J connectivity index is 1.61. The van der Waals surface area contributed by atoms with Crippen LogP contribution in [0.3, 0.4) is 0 Å². The van der Waals surface area contributed by atoms with Crippen LogP contribution in [0.25, 0.3) is 10.9 Å². The zero-order chi connectivity index (χ0) is 23.5. The van der Waals surface area contributed by atoms with E-state index in [1.54, 1.807) is 18.5 Å². The van der Waals surface area contributed by atoms with E-state index >= 15 is 0 Å². The van der Waals surface area contributed by atoms with Gasteiger partial charge in [0.1, 0.15) is 11.4 Å². The van der Waals surface area contributed by atoms with E-state index in [0.717, 1.165) is 43.9 Å². The molecule has 0 aliphatic heterocycles.